The van der Waals surface area contributed by atoms with Crippen LogP contribution in [0, 0.1) is 0 Å². The monoisotopic (exact) mass is 314 g/mol. The summed E-state index contributed by atoms with van der Waals surface area (Å²) in [6, 6.07) is 19.2. The summed E-state index contributed by atoms with van der Waals surface area (Å²) in [6.45, 7) is 0. The molecule has 0 unspecified atom stereocenters. The molecule has 0 amide bonds. The fraction of sp³-hybridized carbons (Fsp3) is 0.333. The molecule has 0 bridgehead atoms. The van der Waals surface area contributed by atoms with Gasteiger partial charge in [-0.05, 0) is 29.6 Å². The molecule has 0 aliphatic carbocycles. The Morgan fingerprint density at radius 1 is 0.905 bits per heavy atom. The number of para-hydroxylation sites is 1. The summed E-state index contributed by atoms with van der Waals surface area (Å²) >= 11 is 4.22. The summed E-state index contributed by atoms with van der Waals surface area (Å²) in [7, 11) is 0. The van der Waals surface area contributed by atoms with Crippen molar-refractivity contribution in [2.45, 2.75) is 23.0 Å². The summed E-state index contributed by atoms with van der Waals surface area (Å²) in [5, 5.41) is 0. The lowest BCUT2D eigenvalue weighted by Crippen LogP contribution is -2.32. The molecule has 2 aromatic rings. The van der Waals surface area contributed by atoms with Crippen molar-refractivity contribution in [1.82, 2.24) is 0 Å². The van der Waals surface area contributed by atoms with Crippen LogP contribution in [0.2, 0.25) is 0 Å². The average molecular weight is 314 g/mol. The zero-order valence-corrected chi connectivity index (χ0v) is 13.5. The summed E-state index contributed by atoms with van der Waals surface area (Å²) in [5.41, 5.74) is 2.67. The Labute approximate surface area is 134 Å². The minimum atomic E-state index is 0.166. The molecule has 1 fully saturated rings. The molecule has 2 aliphatic heterocycles. The lowest BCUT2D eigenvalue weighted by molar-refractivity contribution is 0.169. The van der Waals surface area contributed by atoms with Gasteiger partial charge in [-0.25, -0.2) is 0 Å². The van der Waals surface area contributed by atoms with Crippen LogP contribution in [0.1, 0.15) is 30.1 Å². The molecule has 1 saturated heterocycles. The second-order valence-electron chi connectivity index (χ2n) is 5.52. The van der Waals surface area contributed by atoms with E-state index in [2.05, 4.69) is 78.1 Å². The van der Waals surface area contributed by atoms with Crippen LogP contribution in [0.3, 0.4) is 0 Å². The summed E-state index contributed by atoms with van der Waals surface area (Å²) in [6.07, 6.45) is 2.54. The lowest BCUT2D eigenvalue weighted by Gasteiger charge is -2.43. The molecule has 0 radical (unpaired) electrons. The van der Waals surface area contributed by atoms with Crippen molar-refractivity contribution in [3.8, 4) is 5.75 Å². The smallest absolute Gasteiger partial charge is 0.126 e. The van der Waals surface area contributed by atoms with Crippen LogP contribution in [-0.4, -0.2) is 11.5 Å². The van der Waals surface area contributed by atoms with Crippen LogP contribution in [0.4, 0.5) is 0 Å². The van der Waals surface area contributed by atoms with Gasteiger partial charge in [0.15, 0.2) is 0 Å². The van der Waals surface area contributed by atoms with Crippen LogP contribution in [0.15, 0.2) is 54.6 Å². The first-order valence-corrected chi connectivity index (χ1v) is 9.44. The Hall–Kier alpha value is -1.06. The molecular formula is C18H18OS2. The Bertz CT molecular complexity index is 620. The van der Waals surface area contributed by atoms with Gasteiger partial charge in [0.25, 0.3) is 0 Å². The molecule has 4 rings (SSSR count). The van der Waals surface area contributed by atoms with Crippen molar-refractivity contribution < 1.29 is 4.74 Å². The Morgan fingerprint density at radius 2 is 1.62 bits per heavy atom. The van der Waals surface area contributed by atoms with E-state index in [-0.39, 0.29) is 10.2 Å². The predicted octanol–water partition coefficient (Wildman–Crippen LogP) is 5.23. The second-order valence-corrected chi connectivity index (χ2v) is 8.57. The van der Waals surface area contributed by atoms with E-state index in [1.165, 1.54) is 29.1 Å². The molecule has 0 aromatic heterocycles. The third kappa shape index (κ3) is 2.47. The first-order valence-electron chi connectivity index (χ1n) is 7.46. The molecule has 21 heavy (non-hydrogen) atoms. The maximum atomic E-state index is 6.32. The number of thioether (sulfide) groups is 2. The normalized spacial score (nSPS) is 23.3. The van der Waals surface area contributed by atoms with Gasteiger partial charge in [0.2, 0.25) is 0 Å². The number of rotatable bonds is 1. The molecule has 1 spiro atoms. The van der Waals surface area contributed by atoms with Crippen molar-refractivity contribution in [3.63, 3.8) is 0 Å². The van der Waals surface area contributed by atoms with Gasteiger partial charge in [0, 0.05) is 12.0 Å². The molecule has 3 heteroatoms. The van der Waals surface area contributed by atoms with Crippen LogP contribution in [-0.2, 0) is 4.08 Å². The fourth-order valence-corrected chi connectivity index (χ4v) is 6.57. The molecule has 0 N–H and O–H groups in total. The van der Waals surface area contributed by atoms with E-state index >= 15 is 0 Å². The molecule has 0 saturated carbocycles. The molecule has 1 nitrogen and oxygen atoms in total. The van der Waals surface area contributed by atoms with Gasteiger partial charge >= 0.3 is 0 Å². The fourth-order valence-electron chi connectivity index (χ4n) is 3.13. The van der Waals surface area contributed by atoms with Gasteiger partial charge in [0.1, 0.15) is 11.9 Å². The molecular weight excluding hydrogens is 296 g/mol. The van der Waals surface area contributed by atoms with E-state index in [0.29, 0.717) is 0 Å². The van der Waals surface area contributed by atoms with E-state index in [1.54, 1.807) is 0 Å². The molecule has 2 heterocycles. The van der Waals surface area contributed by atoms with Crippen LogP contribution in [0.25, 0.3) is 0 Å². The number of hydrogen-bond donors (Lipinski definition) is 0. The summed E-state index contributed by atoms with van der Waals surface area (Å²) in [5.74, 6) is 3.57. The van der Waals surface area contributed by atoms with E-state index in [9.17, 15) is 0 Å². The predicted molar refractivity (Wildman–Crippen MR) is 92.1 cm³/mol. The van der Waals surface area contributed by atoms with Gasteiger partial charge in [-0.2, -0.15) is 0 Å². The largest absolute Gasteiger partial charge is 0.485 e. The minimum absolute atomic E-state index is 0.166. The quantitative estimate of drug-likeness (QED) is 0.713. The zero-order chi connectivity index (χ0) is 14.1. The van der Waals surface area contributed by atoms with Crippen molar-refractivity contribution in [3.05, 3.63) is 65.7 Å². The maximum absolute atomic E-state index is 6.32. The van der Waals surface area contributed by atoms with Gasteiger partial charge in [0.05, 0.1) is 4.08 Å². The lowest BCUT2D eigenvalue weighted by atomic mass is 9.96. The Morgan fingerprint density at radius 3 is 2.43 bits per heavy atom. The standard InChI is InChI=1S/C18H18OS2/c1-2-7-14(8-3-1)17-13-18(20-11-6-12-21-18)15-9-4-5-10-16(15)19-17/h1-5,7-10,17H,6,11-13H2/t17-/m1/s1. The first-order chi connectivity index (χ1) is 10.4. The number of benzene rings is 2. The van der Waals surface area contributed by atoms with Crippen molar-refractivity contribution >= 4 is 23.5 Å². The number of ether oxygens (including phenoxy) is 1. The summed E-state index contributed by atoms with van der Waals surface area (Å²) < 4.78 is 6.49. The molecule has 2 aromatic carbocycles. The second kappa shape index (κ2) is 5.62. The van der Waals surface area contributed by atoms with E-state index in [1.807, 2.05) is 0 Å². The first kappa shape index (κ1) is 13.6. The highest BCUT2D eigenvalue weighted by molar-refractivity contribution is 8.18. The number of fused-ring (bicyclic) bond motifs is 2. The van der Waals surface area contributed by atoms with E-state index in [4.69, 9.17) is 4.74 Å². The maximum Gasteiger partial charge on any atom is 0.126 e. The molecule has 1 atom stereocenters. The highest BCUT2D eigenvalue weighted by Gasteiger charge is 2.44. The Balaban J connectivity index is 1.76. The highest BCUT2D eigenvalue weighted by Crippen LogP contribution is 2.60. The topological polar surface area (TPSA) is 9.23 Å². The molecule has 108 valence electrons. The van der Waals surface area contributed by atoms with Gasteiger partial charge in [-0.15, -0.1) is 23.5 Å². The zero-order valence-electron chi connectivity index (χ0n) is 11.8. The third-order valence-electron chi connectivity index (χ3n) is 4.15. The van der Waals surface area contributed by atoms with E-state index < -0.39 is 0 Å². The minimum Gasteiger partial charge on any atom is -0.485 e. The van der Waals surface area contributed by atoms with Crippen LogP contribution >= 0.6 is 23.5 Å². The van der Waals surface area contributed by atoms with Gasteiger partial charge in [-0.1, -0.05) is 48.5 Å². The van der Waals surface area contributed by atoms with E-state index in [0.717, 1.165) is 12.2 Å². The van der Waals surface area contributed by atoms with Gasteiger partial charge < -0.3 is 4.74 Å². The van der Waals surface area contributed by atoms with Crippen LogP contribution in [0.5, 0.6) is 5.75 Å². The van der Waals surface area contributed by atoms with Gasteiger partial charge in [-0.3, -0.25) is 0 Å². The van der Waals surface area contributed by atoms with Crippen molar-refractivity contribution in [2.24, 2.45) is 0 Å². The summed E-state index contributed by atoms with van der Waals surface area (Å²) in [4.78, 5) is 0. The van der Waals surface area contributed by atoms with Crippen LogP contribution < -0.4 is 4.74 Å². The number of hydrogen-bond acceptors (Lipinski definition) is 3. The highest BCUT2D eigenvalue weighted by atomic mass is 32.2. The SMILES string of the molecule is c1ccc([C@H]2CC3(SCCCS3)c3ccccc3O2)cc1. The average Bonchev–Trinajstić information content (AvgIpc) is 2.56. The Kier molecular flexibility index (Phi) is 3.64. The molecule has 2 aliphatic rings. The van der Waals surface area contributed by atoms with Crippen molar-refractivity contribution in [1.29, 1.82) is 0 Å². The third-order valence-corrected chi connectivity index (χ3v) is 7.55. The van der Waals surface area contributed by atoms with Crippen molar-refractivity contribution in [2.75, 3.05) is 11.5 Å².